The van der Waals surface area contributed by atoms with E-state index in [1.54, 1.807) is 24.9 Å². The molecule has 0 spiro atoms. The average Bonchev–Trinajstić information content (AvgIpc) is 3.32. The summed E-state index contributed by atoms with van der Waals surface area (Å²) in [5, 5.41) is 4.26. The van der Waals surface area contributed by atoms with Gasteiger partial charge in [0.15, 0.2) is 0 Å². The van der Waals surface area contributed by atoms with Crippen LogP contribution in [0.25, 0.3) is 0 Å². The quantitative estimate of drug-likeness (QED) is 0.359. The number of methoxy groups -OCH3 is 1. The number of hydrogen-bond donors (Lipinski definition) is 0. The van der Waals surface area contributed by atoms with Gasteiger partial charge in [-0.05, 0) is 69.9 Å². The fraction of sp³-hybridized carbons (Fsp3) is 0.593. The van der Waals surface area contributed by atoms with Crippen LogP contribution in [0.1, 0.15) is 63.8 Å². The minimum absolute atomic E-state index is 0.0759. The van der Waals surface area contributed by atoms with Crippen LogP contribution in [0.4, 0.5) is 22.8 Å². The van der Waals surface area contributed by atoms with Crippen molar-refractivity contribution in [3.05, 3.63) is 52.3 Å². The zero-order valence-electron chi connectivity index (χ0n) is 22.9. The molecule has 1 aromatic heterocycles. The van der Waals surface area contributed by atoms with Gasteiger partial charge in [0.1, 0.15) is 0 Å². The van der Waals surface area contributed by atoms with Gasteiger partial charge in [0.25, 0.3) is 0 Å². The molecular formula is C27H36ClF3N4O4. The number of alkyl halides is 3. The number of aromatic nitrogens is 2. The van der Waals surface area contributed by atoms with Crippen molar-refractivity contribution in [1.29, 1.82) is 0 Å². The Bertz CT molecular complexity index is 1140. The van der Waals surface area contributed by atoms with Crippen molar-refractivity contribution in [2.75, 3.05) is 7.11 Å². The summed E-state index contributed by atoms with van der Waals surface area (Å²) in [5.41, 5.74) is 0.267. The predicted molar refractivity (Wildman–Crippen MR) is 140 cm³/mol. The number of carbonyl (C=O) groups excluding carboxylic acids is 2. The minimum atomic E-state index is -4.58. The third-order valence-corrected chi connectivity index (χ3v) is 7.15. The van der Waals surface area contributed by atoms with E-state index in [-0.39, 0.29) is 35.3 Å². The molecule has 0 unspecified atom stereocenters. The van der Waals surface area contributed by atoms with Crippen LogP contribution < -0.4 is 0 Å². The van der Waals surface area contributed by atoms with Crippen LogP contribution in [0.5, 0.6) is 0 Å². The molecule has 0 N–H and O–H groups in total. The highest BCUT2D eigenvalue weighted by atomic mass is 35.5. The smallest absolute Gasteiger partial charge is 0.416 e. The Balaban J connectivity index is 1.98. The summed E-state index contributed by atoms with van der Waals surface area (Å²) in [6.45, 7) is 8.01. The van der Waals surface area contributed by atoms with E-state index < -0.39 is 30.0 Å². The fourth-order valence-corrected chi connectivity index (χ4v) is 5.49. The second kappa shape index (κ2) is 12.9. The number of likely N-dealkylation sites (tertiary alicyclic amines) is 1. The zero-order chi connectivity index (χ0) is 28.9. The van der Waals surface area contributed by atoms with Crippen LogP contribution >= 0.6 is 11.6 Å². The largest absolute Gasteiger partial charge is 0.453 e. The molecule has 2 amide bonds. The molecule has 0 bridgehead atoms. The van der Waals surface area contributed by atoms with Crippen molar-refractivity contribution in [3.8, 4) is 0 Å². The van der Waals surface area contributed by atoms with Gasteiger partial charge >= 0.3 is 18.4 Å². The molecule has 8 nitrogen and oxygen atoms in total. The third-order valence-electron chi connectivity index (χ3n) is 6.93. The molecule has 1 saturated heterocycles. The van der Waals surface area contributed by atoms with Crippen LogP contribution in [0.3, 0.4) is 0 Å². The molecule has 216 valence electrons. The molecule has 1 fully saturated rings. The molecule has 3 rings (SSSR count). The number of piperidine rings is 1. The molecule has 3 atom stereocenters. The molecular weight excluding hydrogens is 537 g/mol. The number of ether oxygens (including phenoxy) is 2. The Kier molecular flexibility index (Phi) is 10.1. The Morgan fingerprint density at radius 2 is 1.87 bits per heavy atom. The zero-order valence-corrected chi connectivity index (χ0v) is 23.6. The van der Waals surface area contributed by atoms with E-state index in [1.807, 2.05) is 24.6 Å². The van der Waals surface area contributed by atoms with Crippen molar-refractivity contribution in [3.63, 3.8) is 0 Å². The average molecular weight is 573 g/mol. The number of aryl methyl sites for hydroxylation is 1. The number of halogens is 4. The topological polar surface area (TPSA) is 76.9 Å². The maximum atomic E-state index is 13.4. The van der Waals surface area contributed by atoms with Crippen LogP contribution in [-0.4, -0.2) is 63.1 Å². The van der Waals surface area contributed by atoms with Gasteiger partial charge in [-0.1, -0.05) is 18.5 Å². The summed E-state index contributed by atoms with van der Waals surface area (Å²) in [4.78, 5) is 29.4. The Hall–Kier alpha value is -2.95. The van der Waals surface area contributed by atoms with Crippen LogP contribution in [0, 0.1) is 0 Å². The number of hydrogen-bond acceptors (Lipinski definition) is 5. The number of rotatable bonds is 8. The van der Waals surface area contributed by atoms with Gasteiger partial charge in [-0.3, -0.25) is 4.68 Å². The van der Waals surface area contributed by atoms with E-state index >= 15 is 0 Å². The lowest BCUT2D eigenvalue weighted by atomic mass is 9.87. The highest BCUT2D eigenvalue weighted by Crippen LogP contribution is 2.35. The molecule has 0 radical (unpaired) electrons. The summed E-state index contributed by atoms with van der Waals surface area (Å²) < 4.78 is 52.8. The first-order valence-electron chi connectivity index (χ1n) is 13.1. The highest BCUT2D eigenvalue weighted by Gasteiger charge is 2.42. The normalized spacial score (nSPS) is 19.7. The number of amides is 2. The molecule has 2 heterocycles. The standard InChI is InChI=1S/C27H36ClF3N4O4/c1-6-21-13-23(33(25(36)38-5)16-18-10-19(27(29,30)31)12-20(28)11-18)15-24(35(21)26(37)39-17(3)4)14-22-8-9-32-34(22)7-2/h8-12,17,21,23-24H,6-7,13-16H2,1-5H3/t21-,23+,24+/m1/s1. The minimum Gasteiger partial charge on any atom is -0.453 e. The lowest BCUT2D eigenvalue weighted by molar-refractivity contribution is -0.137. The van der Waals surface area contributed by atoms with Crippen LogP contribution in [0.15, 0.2) is 30.5 Å². The Morgan fingerprint density at radius 3 is 2.46 bits per heavy atom. The first kappa shape index (κ1) is 30.6. The molecule has 0 saturated carbocycles. The first-order valence-corrected chi connectivity index (χ1v) is 13.5. The van der Waals surface area contributed by atoms with Gasteiger partial charge < -0.3 is 19.3 Å². The summed E-state index contributed by atoms with van der Waals surface area (Å²) >= 11 is 6.01. The Morgan fingerprint density at radius 1 is 1.18 bits per heavy atom. The fourth-order valence-electron chi connectivity index (χ4n) is 5.23. The SMILES string of the molecule is CC[C@@H]1C[C@H](N(Cc2cc(Cl)cc(C(F)(F)F)c2)C(=O)OC)C[C@H](Cc2ccnn2CC)N1C(=O)OC(C)C. The molecule has 39 heavy (non-hydrogen) atoms. The van der Waals surface area contributed by atoms with Gasteiger partial charge in [-0.2, -0.15) is 18.3 Å². The molecule has 12 heteroatoms. The molecule has 1 aliphatic rings. The summed E-state index contributed by atoms with van der Waals surface area (Å²) in [5.74, 6) is 0. The summed E-state index contributed by atoms with van der Waals surface area (Å²) in [6.07, 6.45) is -2.45. The second-order valence-corrected chi connectivity index (χ2v) is 10.4. The van der Waals surface area contributed by atoms with Gasteiger partial charge in [0, 0.05) is 54.5 Å². The van der Waals surface area contributed by atoms with E-state index in [4.69, 9.17) is 21.1 Å². The summed E-state index contributed by atoms with van der Waals surface area (Å²) in [6, 6.07) is 4.12. The number of carbonyl (C=O) groups is 2. The highest BCUT2D eigenvalue weighted by molar-refractivity contribution is 6.30. The molecule has 1 aliphatic heterocycles. The van der Waals surface area contributed by atoms with Crippen molar-refractivity contribution < 1.29 is 32.2 Å². The van der Waals surface area contributed by atoms with Crippen LogP contribution in [-0.2, 0) is 35.2 Å². The van der Waals surface area contributed by atoms with E-state index in [1.165, 1.54) is 18.1 Å². The summed E-state index contributed by atoms with van der Waals surface area (Å²) in [7, 11) is 1.23. The van der Waals surface area contributed by atoms with Crippen molar-refractivity contribution in [2.24, 2.45) is 0 Å². The van der Waals surface area contributed by atoms with Crippen molar-refractivity contribution in [1.82, 2.24) is 19.6 Å². The lowest BCUT2D eigenvalue weighted by Gasteiger charge is -2.47. The van der Waals surface area contributed by atoms with Gasteiger partial charge in [-0.15, -0.1) is 0 Å². The Labute approximate surface area is 232 Å². The molecule has 1 aromatic carbocycles. The lowest BCUT2D eigenvalue weighted by Crippen LogP contribution is -2.58. The number of nitrogens with zero attached hydrogens (tertiary/aromatic N) is 4. The van der Waals surface area contributed by atoms with Crippen molar-refractivity contribution in [2.45, 2.75) is 96.9 Å². The monoisotopic (exact) mass is 572 g/mol. The van der Waals surface area contributed by atoms with E-state index in [0.717, 1.165) is 17.8 Å². The van der Waals surface area contributed by atoms with E-state index in [2.05, 4.69) is 5.10 Å². The maximum Gasteiger partial charge on any atom is 0.416 e. The van der Waals surface area contributed by atoms with Gasteiger partial charge in [0.05, 0.1) is 18.8 Å². The third kappa shape index (κ3) is 7.58. The predicted octanol–water partition coefficient (Wildman–Crippen LogP) is 6.54. The van der Waals surface area contributed by atoms with Gasteiger partial charge in [-0.25, -0.2) is 9.59 Å². The van der Waals surface area contributed by atoms with E-state index in [9.17, 15) is 22.8 Å². The first-order chi connectivity index (χ1) is 18.4. The molecule has 2 aromatic rings. The van der Waals surface area contributed by atoms with Crippen LogP contribution in [0.2, 0.25) is 5.02 Å². The van der Waals surface area contributed by atoms with Crippen molar-refractivity contribution >= 4 is 23.8 Å². The molecule has 0 aliphatic carbocycles. The maximum absolute atomic E-state index is 13.4. The van der Waals surface area contributed by atoms with Gasteiger partial charge in [0.2, 0.25) is 0 Å². The number of benzene rings is 1. The second-order valence-electron chi connectivity index (χ2n) is 9.97. The van der Waals surface area contributed by atoms with E-state index in [0.29, 0.717) is 32.2 Å².